The minimum absolute atomic E-state index is 0.00617. The largest absolute Gasteiger partial charge is 0.416 e. The zero-order chi connectivity index (χ0) is 28.9. The molecule has 1 aromatic carbocycles. The Balaban J connectivity index is 1.27. The van der Waals surface area contributed by atoms with Crippen LogP contribution in [0.1, 0.15) is 40.5 Å². The second-order valence-electron chi connectivity index (χ2n) is 10.5. The highest BCUT2D eigenvalue weighted by molar-refractivity contribution is 6.04. The molecule has 6 rings (SSSR count). The van der Waals surface area contributed by atoms with Crippen molar-refractivity contribution in [2.75, 3.05) is 37.7 Å². The molecule has 3 aromatic heterocycles. The smallest absolute Gasteiger partial charge is 0.382 e. The molecular formula is C28H27F3N8O2. The van der Waals surface area contributed by atoms with Crippen LogP contribution in [0.5, 0.6) is 0 Å². The van der Waals surface area contributed by atoms with Crippen molar-refractivity contribution in [1.82, 2.24) is 29.2 Å². The van der Waals surface area contributed by atoms with E-state index in [2.05, 4.69) is 20.2 Å². The number of rotatable bonds is 4. The normalized spacial score (nSPS) is 19.8. The van der Waals surface area contributed by atoms with Gasteiger partial charge in [0.05, 0.1) is 12.1 Å². The Morgan fingerprint density at radius 2 is 1.85 bits per heavy atom. The lowest BCUT2D eigenvalue weighted by molar-refractivity contribution is -0.141. The summed E-state index contributed by atoms with van der Waals surface area (Å²) in [7, 11) is 1.96. The maximum absolute atomic E-state index is 13.0. The van der Waals surface area contributed by atoms with Gasteiger partial charge in [-0.25, -0.2) is 15.0 Å². The minimum Gasteiger partial charge on any atom is -0.382 e. The molecule has 0 bridgehead atoms. The van der Waals surface area contributed by atoms with Gasteiger partial charge in [0.25, 0.3) is 5.91 Å². The van der Waals surface area contributed by atoms with Gasteiger partial charge in [-0.1, -0.05) is 12.1 Å². The molecule has 2 fully saturated rings. The number of pyridine rings is 1. The number of hydrogen-bond acceptors (Lipinski definition) is 7. The van der Waals surface area contributed by atoms with E-state index in [1.165, 1.54) is 0 Å². The third kappa shape index (κ3) is 5.08. The number of carbonyl (C=O) groups excluding carboxylic acids is 2. The Morgan fingerprint density at radius 1 is 1.07 bits per heavy atom. The van der Waals surface area contributed by atoms with E-state index in [1.54, 1.807) is 36.7 Å². The summed E-state index contributed by atoms with van der Waals surface area (Å²) in [5.74, 6) is 0.394. The summed E-state index contributed by atoms with van der Waals surface area (Å²) in [5, 5.41) is 2.41. The number of nitrogens with one attached hydrogen (secondary N) is 1. The van der Waals surface area contributed by atoms with Crippen molar-refractivity contribution < 1.29 is 22.8 Å². The van der Waals surface area contributed by atoms with Crippen LogP contribution < -0.4 is 11.1 Å². The third-order valence-corrected chi connectivity index (χ3v) is 7.68. The van der Waals surface area contributed by atoms with E-state index < -0.39 is 17.6 Å². The maximum Gasteiger partial charge on any atom is 0.416 e. The van der Waals surface area contributed by atoms with E-state index in [0.29, 0.717) is 35.7 Å². The summed E-state index contributed by atoms with van der Waals surface area (Å²) in [4.78, 5) is 42.6. The fourth-order valence-electron chi connectivity index (χ4n) is 5.70. The van der Waals surface area contributed by atoms with Crippen molar-refractivity contribution in [3.05, 3.63) is 71.9 Å². The molecular weight excluding hydrogens is 537 g/mol. The Hall–Kier alpha value is -4.52. The number of nitrogens with zero attached hydrogens (tertiary/aromatic N) is 6. The van der Waals surface area contributed by atoms with Crippen molar-refractivity contribution in [2.24, 2.45) is 0 Å². The van der Waals surface area contributed by atoms with E-state index >= 15 is 0 Å². The van der Waals surface area contributed by atoms with Crippen molar-refractivity contribution in [1.29, 1.82) is 0 Å². The number of piperazine rings is 1. The number of alkyl halides is 3. The van der Waals surface area contributed by atoms with Crippen molar-refractivity contribution in [3.63, 3.8) is 0 Å². The predicted molar refractivity (Wildman–Crippen MR) is 145 cm³/mol. The van der Waals surface area contributed by atoms with Crippen LogP contribution in [0.2, 0.25) is 0 Å². The highest BCUT2D eigenvalue weighted by Gasteiger charge is 2.38. The molecule has 5 heterocycles. The standard InChI is InChI=1S/C28H27F3N8O2/c1-37-14-20-7-6-18(13-39(20)22(40)15-37)26-36-23(24-25(32)34-10-11-38(24)26)16-2-4-17(5-3-16)27(41)35-21-12-19(8-9-33-21)28(29,30)31/h2-5,8-12,18,20H,6-7,13-15H2,1H3,(H2,32,34)(H,33,35,41)/t18-,20?/m0/s1. The average molecular weight is 565 g/mol. The highest BCUT2D eigenvalue weighted by atomic mass is 19.4. The molecule has 2 aliphatic heterocycles. The van der Waals surface area contributed by atoms with Crippen LogP contribution in [0.3, 0.4) is 0 Å². The number of fused-ring (bicyclic) bond motifs is 2. The van der Waals surface area contributed by atoms with Gasteiger partial charge < -0.3 is 16.0 Å². The number of carbonyl (C=O) groups is 2. The first-order chi connectivity index (χ1) is 19.6. The van der Waals surface area contributed by atoms with Crippen LogP contribution in [0.4, 0.5) is 24.8 Å². The number of halogens is 3. The molecule has 2 amide bonds. The van der Waals surface area contributed by atoms with E-state index in [4.69, 9.17) is 10.7 Å². The third-order valence-electron chi connectivity index (χ3n) is 7.68. The summed E-state index contributed by atoms with van der Waals surface area (Å²) < 4.78 is 41.0. The molecule has 0 aliphatic carbocycles. The van der Waals surface area contributed by atoms with Gasteiger partial charge in [0.1, 0.15) is 28.7 Å². The molecule has 4 aromatic rings. The summed E-state index contributed by atoms with van der Waals surface area (Å²) in [5.41, 5.74) is 7.52. The van der Waals surface area contributed by atoms with Crippen LogP contribution in [0.25, 0.3) is 16.8 Å². The fraction of sp³-hybridized carbons (Fsp3) is 0.321. The van der Waals surface area contributed by atoms with E-state index in [0.717, 1.165) is 43.5 Å². The number of hydrogen-bond donors (Lipinski definition) is 2. The lowest BCUT2D eigenvalue weighted by Gasteiger charge is -2.44. The summed E-state index contributed by atoms with van der Waals surface area (Å²) in [6, 6.07) is 8.34. The molecule has 10 nitrogen and oxygen atoms in total. The highest BCUT2D eigenvalue weighted by Crippen LogP contribution is 2.36. The monoisotopic (exact) mass is 564 g/mol. The van der Waals surface area contributed by atoms with Gasteiger partial charge in [0.2, 0.25) is 5.91 Å². The molecule has 212 valence electrons. The van der Waals surface area contributed by atoms with E-state index in [1.807, 2.05) is 16.3 Å². The molecule has 0 radical (unpaired) electrons. The van der Waals surface area contributed by atoms with E-state index in [-0.39, 0.29) is 29.2 Å². The van der Waals surface area contributed by atoms with E-state index in [9.17, 15) is 22.8 Å². The van der Waals surface area contributed by atoms with Crippen LogP contribution in [0, 0.1) is 0 Å². The fourth-order valence-corrected chi connectivity index (χ4v) is 5.70. The van der Waals surface area contributed by atoms with Gasteiger partial charge in [-0.3, -0.25) is 18.9 Å². The second kappa shape index (κ2) is 10.1. The molecule has 0 saturated carbocycles. The van der Waals surface area contributed by atoms with Gasteiger partial charge in [-0.2, -0.15) is 13.2 Å². The number of aromatic nitrogens is 4. The number of imidazole rings is 1. The Morgan fingerprint density at radius 3 is 2.61 bits per heavy atom. The number of anilines is 2. The van der Waals surface area contributed by atoms with Crippen LogP contribution in [0.15, 0.2) is 55.0 Å². The van der Waals surface area contributed by atoms with Gasteiger partial charge in [-0.15, -0.1) is 0 Å². The van der Waals surface area contributed by atoms with Crippen molar-refractivity contribution in [3.8, 4) is 11.3 Å². The Kier molecular flexibility index (Phi) is 6.60. The average Bonchev–Trinajstić information content (AvgIpc) is 3.34. The van der Waals surface area contributed by atoms with Gasteiger partial charge in [0, 0.05) is 54.8 Å². The SMILES string of the molecule is CN1CC(=O)N2C[C@@H](c3nc(-c4ccc(C(=O)Nc5cc(C(F)(F)F)ccn5)cc4)c4c(N)nccn34)CCC2C1. The first-order valence-corrected chi connectivity index (χ1v) is 13.1. The first kappa shape index (κ1) is 26.7. The van der Waals surface area contributed by atoms with Gasteiger partial charge in [-0.05, 0) is 44.2 Å². The number of piperidine rings is 1. The minimum atomic E-state index is -4.55. The number of likely N-dealkylation sites (N-methyl/N-ethyl adjacent to an activating group) is 1. The zero-order valence-electron chi connectivity index (χ0n) is 22.1. The molecule has 13 heteroatoms. The number of benzene rings is 1. The molecule has 2 atom stereocenters. The summed E-state index contributed by atoms with van der Waals surface area (Å²) in [6.07, 6.45) is 1.60. The quantitative estimate of drug-likeness (QED) is 0.388. The Labute approximate surface area is 233 Å². The summed E-state index contributed by atoms with van der Waals surface area (Å²) >= 11 is 0. The van der Waals surface area contributed by atoms with Crippen molar-refractivity contribution in [2.45, 2.75) is 31.0 Å². The molecule has 2 saturated heterocycles. The number of amides is 2. The lowest BCUT2D eigenvalue weighted by Crippen LogP contribution is -2.58. The van der Waals surface area contributed by atoms with Gasteiger partial charge in [0.15, 0.2) is 0 Å². The lowest BCUT2D eigenvalue weighted by atomic mass is 9.90. The maximum atomic E-state index is 13.0. The molecule has 3 N–H and O–H groups in total. The molecule has 1 unspecified atom stereocenters. The predicted octanol–water partition coefficient (Wildman–Crippen LogP) is 3.66. The van der Waals surface area contributed by atoms with Crippen molar-refractivity contribution >= 4 is 29.0 Å². The summed E-state index contributed by atoms with van der Waals surface area (Å²) in [6.45, 7) is 1.82. The topological polar surface area (TPSA) is 122 Å². The molecule has 41 heavy (non-hydrogen) atoms. The zero-order valence-corrected chi connectivity index (χ0v) is 22.1. The second-order valence-corrected chi connectivity index (χ2v) is 10.5. The van der Waals surface area contributed by atoms with Crippen LogP contribution in [-0.4, -0.2) is 73.7 Å². The van der Waals surface area contributed by atoms with Gasteiger partial charge >= 0.3 is 6.18 Å². The van der Waals surface area contributed by atoms with Crippen LogP contribution in [-0.2, 0) is 11.0 Å². The number of nitrogens with two attached hydrogens (primary N) is 1. The Bertz CT molecular complexity index is 1640. The first-order valence-electron chi connectivity index (χ1n) is 13.1. The number of nitrogen functional groups attached to an aromatic ring is 1. The van der Waals surface area contributed by atoms with Crippen LogP contribution >= 0.6 is 0 Å². The molecule has 0 spiro atoms. The molecule has 2 aliphatic rings.